The Hall–Kier alpha value is -2.85. The van der Waals surface area contributed by atoms with Gasteiger partial charge in [-0.05, 0) is 6.42 Å². The number of likely N-dealkylation sites (N-methyl/N-ethyl adjacent to an activating group) is 1. The number of hydrogen-bond acceptors (Lipinski definition) is 5. The van der Waals surface area contributed by atoms with Crippen LogP contribution in [0.5, 0.6) is 0 Å². The molecule has 1 atom stereocenters. The molecule has 146 valence electrons. The molecular weight excluding hydrogens is 344 g/mol. The lowest BCUT2D eigenvalue weighted by Gasteiger charge is -2.10. The Kier molecular flexibility index (Phi) is 8.88. The Morgan fingerprint density at radius 2 is 1.42 bits per heavy atom. The zero-order chi connectivity index (χ0) is 19.5. The second kappa shape index (κ2) is 10.9. The van der Waals surface area contributed by atoms with Gasteiger partial charge in [0, 0.05) is 45.6 Å². The van der Waals surface area contributed by atoms with E-state index in [-0.39, 0.29) is 42.2 Å². The molecule has 4 aliphatic rings. The summed E-state index contributed by atoms with van der Waals surface area (Å²) in [5.74, 6) is 0.433. The third kappa shape index (κ3) is 8.31. The molecule has 0 aromatic carbocycles. The van der Waals surface area contributed by atoms with Crippen molar-refractivity contribution >= 4 is 29.8 Å². The van der Waals surface area contributed by atoms with E-state index < -0.39 is 0 Å². The van der Waals surface area contributed by atoms with Crippen molar-refractivity contribution in [3.8, 4) is 0 Å². The van der Waals surface area contributed by atoms with Gasteiger partial charge >= 0.3 is 12.1 Å². The molecule has 0 aromatic rings. The van der Waals surface area contributed by atoms with Crippen molar-refractivity contribution in [2.45, 2.75) is 19.8 Å². The molecule has 4 fully saturated rings. The van der Waals surface area contributed by atoms with Crippen molar-refractivity contribution < 1.29 is 24.0 Å². The van der Waals surface area contributed by atoms with Crippen LogP contribution in [0.3, 0.4) is 0 Å². The standard InChI is InChI=1S/C5H9NO.C4H6N2O2.C3H6N2O.C3H5NO/c1-4-2-3-6-5(4)7;1-6-2-3(7)5-4(6)8;6-3-4-1-2-5-3;5-3-1-2-4-3/h4H,2-3H2,1H3,(H,6,7);2H2,1H3,(H,5,7,8);1-2H2,(H2,4,5,6);1-2H2,(H,4,5). The normalized spacial score (nSPS) is 22.6. The van der Waals surface area contributed by atoms with E-state index in [0.29, 0.717) is 0 Å². The summed E-state index contributed by atoms with van der Waals surface area (Å²) in [5.41, 5.74) is 0. The van der Waals surface area contributed by atoms with Gasteiger partial charge in [-0.15, -0.1) is 0 Å². The first-order chi connectivity index (χ1) is 12.3. The van der Waals surface area contributed by atoms with E-state index in [4.69, 9.17) is 0 Å². The zero-order valence-electron chi connectivity index (χ0n) is 15.0. The average Bonchev–Trinajstić information content (AvgIpc) is 3.25. The minimum Gasteiger partial charge on any atom is -0.356 e. The van der Waals surface area contributed by atoms with Crippen LogP contribution >= 0.6 is 0 Å². The second-order valence-electron chi connectivity index (χ2n) is 5.97. The van der Waals surface area contributed by atoms with Gasteiger partial charge < -0.3 is 26.2 Å². The first kappa shape index (κ1) is 21.2. The summed E-state index contributed by atoms with van der Waals surface area (Å²) in [5, 5.41) is 12.6. The maximum Gasteiger partial charge on any atom is 0.324 e. The van der Waals surface area contributed by atoms with Crippen LogP contribution in [0.1, 0.15) is 19.8 Å². The lowest BCUT2D eigenvalue weighted by molar-refractivity contribution is -0.125. The molecule has 11 heteroatoms. The number of β-lactam (4-membered cyclic amide) rings is 1. The van der Waals surface area contributed by atoms with Crippen LogP contribution in [0, 0.1) is 5.92 Å². The van der Waals surface area contributed by atoms with Gasteiger partial charge in [0.15, 0.2) is 0 Å². The summed E-state index contributed by atoms with van der Waals surface area (Å²) in [4.78, 5) is 52.3. The van der Waals surface area contributed by atoms with Gasteiger partial charge in [-0.3, -0.25) is 19.7 Å². The van der Waals surface area contributed by atoms with E-state index >= 15 is 0 Å². The molecule has 4 aliphatic heterocycles. The number of urea groups is 2. The van der Waals surface area contributed by atoms with E-state index in [2.05, 4.69) is 26.6 Å². The number of carbonyl (C=O) groups excluding carboxylic acids is 5. The van der Waals surface area contributed by atoms with Crippen LogP contribution in [0.25, 0.3) is 0 Å². The van der Waals surface area contributed by atoms with Crippen molar-refractivity contribution in [3.05, 3.63) is 0 Å². The fourth-order valence-corrected chi connectivity index (χ4v) is 1.90. The molecular formula is C15H26N6O5. The molecule has 4 saturated heterocycles. The number of imide groups is 1. The molecule has 0 bridgehead atoms. The Bertz CT molecular complexity index is 539. The van der Waals surface area contributed by atoms with Gasteiger partial charge in [-0.1, -0.05) is 6.92 Å². The number of rotatable bonds is 0. The van der Waals surface area contributed by atoms with E-state index in [0.717, 1.165) is 39.0 Å². The predicted octanol–water partition coefficient (Wildman–Crippen LogP) is -1.88. The molecule has 0 aliphatic carbocycles. The first-order valence-corrected chi connectivity index (χ1v) is 8.40. The minimum atomic E-state index is -0.310. The molecule has 0 spiro atoms. The van der Waals surface area contributed by atoms with Gasteiger partial charge in [0.1, 0.15) is 6.54 Å². The number of amides is 7. The second-order valence-corrected chi connectivity index (χ2v) is 5.97. The summed E-state index contributed by atoms with van der Waals surface area (Å²) in [6.07, 6.45) is 1.75. The first-order valence-electron chi connectivity index (χ1n) is 8.40. The summed E-state index contributed by atoms with van der Waals surface area (Å²) in [6.45, 7) is 5.46. The van der Waals surface area contributed by atoms with Gasteiger partial charge in [0.2, 0.25) is 17.7 Å². The highest BCUT2D eigenvalue weighted by Crippen LogP contribution is 2.05. The van der Waals surface area contributed by atoms with Gasteiger partial charge in [-0.25, -0.2) is 9.59 Å². The molecule has 1 unspecified atom stereocenters. The van der Waals surface area contributed by atoms with Crippen LogP contribution in [0.15, 0.2) is 0 Å². The van der Waals surface area contributed by atoms with Gasteiger partial charge in [0.25, 0.3) is 0 Å². The quantitative estimate of drug-likeness (QED) is 0.250. The Morgan fingerprint density at radius 1 is 0.846 bits per heavy atom. The fourth-order valence-electron chi connectivity index (χ4n) is 1.90. The van der Waals surface area contributed by atoms with Crippen molar-refractivity contribution in [1.82, 2.24) is 31.5 Å². The lowest BCUT2D eigenvalue weighted by atomic mass is 10.1. The minimum absolute atomic E-state index is 0.0463. The van der Waals surface area contributed by atoms with E-state index in [1.165, 1.54) is 4.90 Å². The highest BCUT2D eigenvalue weighted by atomic mass is 16.2. The lowest BCUT2D eigenvalue weighted by Crippen LogP contribution is -2.37. The number of carbonyl (C=O) groups is 5. The third-order valence-corrected chi connectivity index (χ3v) is 3.67. The summed E-state index contributed by atoms with van der Waals surface area (Å²) >= 11 is 0. The van der Waals surface area contributed by atoms with Crippen LogP contribution < -0.4 is 26.6 Å². The largest absolute Gasteiger partial charge is 0.356 e. The monoisotopic (exact) mass is 370 g/mol. The summed E-state index contributed by atoms with van der Waals surface area (Å²) in [7, 11) is 1.57. The Balaban J connectivity index is 0.000000176. The van der Waals surface area contributed by atoms with Crippen molar-refractivity contribution in [2.75, 3.05) is 39.8 Å². The van der Waals surface area contributed by atoms with Crippen LogP contribution in [-0.4, -0.2) is 74.5 Å². The van der Waals surface area contributed by atoms with Crippen LogP contribution in [0.4, 0.5) is 9.59 Å². The average molecular weight is 370 g/mol. The zero-order valence-corrected chi connectivity index (χ0v) is 15.0. The van der Waals surface area contributed by atoms with Gasteiger partial charge in [0.05, 0.1) is 0 Å². The van der Waals surface area contributed by atoms with E-state index in [9.17, 15) is 24.0 Å². The highest BCUT2D eigenvalue weighted by Gasteiger charge is 2.22. The fraction of sp³-hybridized carbons (Fsp3) is 0.667. The molecule has 0 aromatic heterocycles. The van der Waals surface area contributed by atoms with Gasteiger partial charge in [-0.2, -0.15) is 0 Å². The Morgan fingerprint density at radius 3 is 1.54 bits per heavy atom. The number of nitrogens with zero attached hydrogens (tertiary/aromatic N) is 1. The maximum atomic E-state index is 10.5. The van der Waals surface area contributed by atoms with Crippen LogP contribution in [-0.2, 0) is 14.4 Å². The summed E-state index contributed by atoms with van der Waals surface area (Å²) < 4.78 is 0. The predicted molar refractivity (Wildman–Crippen MR) is 92.0 cm³/mol. The molecule has 7 amide bonds. The molecule has 4 heterocycles. The van der Waals surface area contributed by atoms with Crippen LogP contribution in [0.2, 0.25) is 0 Å². The molecule has 0 radical (unpaired) electrons. The summed E-state index contributed by atoms with van der Waals surface area (Å²) in [6, 6.07) is -0.356. The van der Waals surface area contributed by atoms with Crippen molar-refractivity contribution in [2.24, 2.45) is 5.92 Å². The number of hydrogen-bond donors (Lipinski definition) is 5. The highest BCUT2D eigenvalue weighted by molar-refractivity contribution is 6.01. The van der Waals surface area contributed by atoms with Crippen molar-refractivity contribution in [3.63, 3.8) is 0 Å². The van der Waals surface area contributed by atoms with Crippen molar-refractivity contribution in [1.29, 1.82) is 0 Å². The molecule has 5 N–H and O–H groups in total. The van der Waals surface area contributed by atoms with E-state index in [1.54, 1.807) is 7.05 Å². The SMILES string of the molecule is CC1CCNC1=O.CN1CC(=O)NC1=O.O=C1CCN1.O=C1NCCN1. The molecule has 26 heavy (non-hydrogen) atoms. The topological polar surface area (TPSA) is 149 Å². The Labute approximate surface area is 151 Å². The third-order valence-electron chi connectivity index (χ3n) is 3.67. The number of nitrogens with one attached hydrogen (secondary N) is 5. The smallest absolute Gasteiger partial charge is 0.324 e. The van der Waals surface area contributed by atoms with E-state index in [1.807, 2.05) is 6.92 Å². The molecule has 4 rings (SSSR count). The molecule has 0 saturated carbocycles. The molecule has 11 nitrogen and oxygen atoms in total. The maximum absolute atomic E-state index is 10.5.